The van der Waals surface area contributed by atoms with Crippen molar-refractivity contribution in [2.24, 2.45) is 5.73 Å². The van der Waals surface area contributed by atoms with Crippen LogP contribution < -0.4 is 16.4 Å². The summed E-state index contributed by atoms with van der Waals surface area (Å²) in [4.78, 5) is 37.0. The number of hydrogen-bond donors (Lipinski definition) is 4. The van der Waals surface area contributed by atoms with E-state index in [-0.39, 0.29) is 17.8 Å². The highest BCUT2D eigenvalue weighted by Gasteiger charge is 2.14. The first kappa shape index (κ1) is 15.9. The van der Waals surface area contributed by atoms with Gasteiger partial charge in [0.05, 0.1) is 12.2 Å². The smallest absolute Gasteiger partial charge is 0.347 e. The topological polar surface area (TPSA) is 134 Å². The number of hydrogen-bond acceptors (Lipinski definition) is 5. The van der Waals surface area contributed by atoms with Crippen LogP contribution in [0, 0.1) is 6.92 Å². The number of primary amides is 1. The molecular formula is C11H16N4O4S. The molecule has 0 fully saturated rings. The monoisotopic (exact) mass is 300 g/mol. The molecule has 3 amide bonds. The lowest BCUT2D eigenvalue weighted by Gasteiger charge is -2.05. The van der Waals surface area contributed by atoms with Crippen LogP contribution in [0.15, 0.2) is 0 Å². The fourth-order valence-corrected chi connectivity index (χ4v) is 2.25. The number of nitrogens with two attached hydrogens (primary N) is 1. The van der Waals surface area contributed by atoms with E-state index >= 15 is 0 Å². The zero-order valence-corrected chi connectivity index (χ0v) is 11.7. The van der Waals surface area contributed by atoms with Crippen LogP contribution in [0.2, 0.25) is 0 Å². The van der Waals surface area contributed by atoms with Gasteiger partial charge in [0.15, 0.2) is 0 Å². The van der Waals surface area contributed by atoms with Crippen LogP contribution in [0.25, 0.3) is 0 Å². The first-order valence-corrected chi connectivity index (χ1v) is 6.71. The van der Waals surface area contributed by atoms with Crippen molar-refractivity contribution in [1.82, 2.24) is 15.6 Å². The van der Waals surface area contributed by atoms with E-state index in [0.717, 1.165) is 11.3 Å². The molecule has 0 unspecified atom stereocenters. The Labute approximate surface area is 119 Å². The van der Waals surface area contributed by atoms with E-state index in [1.54, 1.807) is 6.92 Å². The molecule has 0 radical (unpaired) electrons. The molecule has 0 saturated carbocycles. The van der Waals surface area contributed by atoms with Crippen molar-refractivity contribution in [2.45, 2.75) is 26.3 Å². The lowest BCUT2D eigenvalue weighted by Crippen LogP contribution is -2.35. The largest absolute Gasteiger partial charge is 0.477 e. The van der Waals surface area contributed by atoms with Crippen LogP contribution in [-0.4, -0.2) is 34.5 Å². The number of nitrogens with one attached hydrogen (secondary N) is 2. The summed E-state index contributed by atoms with van der Waals surface area (Å²) in [5.74, 6) is -1.44. The zero-order valence-electron chi connectivity index (χ0n) is 10.9. The van der Waals surface area contributed by atoms with Crippen LogP contribution in [0.3, 0.4) is 0 Å². The highest BCUT2D eigenvalue weighted by molar-refractivity contribution is 7.13. The van der Waals surface area contributed by atoms with Crippen molar-refractivity contribution in [3.05, 3.63) is 15.6 Å². The highest BCUT2D eigenvalue weighted by atomic mass is 32.1. The number of carboxylic acids is 1. The van der Waals surface area contributed by atoms with Gasteiger partial charge in [-0.05, 0) is 13.3 Å². The van der Waals surface area contributed by atoms with E-state index in [0.29, 0.717) is 23.7 Å². The SMILES string of the molecule is Cc1nc(CNC(=O)NCCCC(N)=O)sc1C(=O)O. The van der Waals surface area contributed by atoms with Gasteiger partial charge in [0.2, 0.25) is 5.91 Å². The van der Waals surface area contributed by atoms with Crippen molar-refractivity contribution < 1.29 is 19.5 Å². The Morgan fingerprint density at radius 3 is 2.60 bits per heavy atom. The summed E-state index contributed by atoms with van der Waals surface area (Å²) >= 11 is 1.03. The maximum atomic E-state index is 11.4. The summed E-state index contributed by atoms with van der Waals surface area (Å²) in [5.41, 5.74) is 5.39. The Morgan fingerprint density at radius 1 is 1.35 bits per heavy atom. The fourth-order valence-electron chi connectivity index (χ4n) is 1.41. The normalized spacial score (nSPS) is 10.1. The van der Waals surface area contributed by atoms with Crippen molar-refractivity contribution in [3.63, 3.8) is 0 Å². The van der Waals surface area contributed by atoms with Gasteiger partial charge in [-0.3, -0.25) is 4.79 Å². The van der Waals surface area contributed by atoms with Crippen LogP contribution in [-0.2, 0) is 11.3 Å². The molecule has 0 aliphatic carbocycles. The molecule has 8 nitrogen and oxygen atoms in total. The Morgan fingerprint density at radius 2 is 2.05 bits per heavy atom. The summed E-state index contributed by atoms with van der Waals surface area (Å²) in [5, 5.41) is 14.5. The molecule has 0 aromatic carbocycles. The molecule has 0 atom stereocenters. The predicted molar refractivity (Wildman–Crippen MR) is 72.5 cm³/mol. The van der Waals surface area contributed by atoms with Gasteiger partial charge in [0.25, 0.3) is 0 Å². The van der Waals surface area contributed by atoms with Crippen molar-refractivity contribution in [3.8, 4) is 0 Å². The number of amides is 3. The summed E-state index contributed by atoms with van der Waals surface area (Å²) in [6.45, 7) is 2.10. The fraction of sp³-hybridized carbons (Fsp3) is 0.455. The summed E-state index contributed by atoms with van der Waals surface area (Å²) < 4.78 is 0. The Hall–Kier alpha value is -2.16. The van der Waals surface area contributed by atoms with Crippen molar-refractivity contribution in [2.75, 3.05) is 6.54 Å². The Bertz CT molecular complexity index is 515. The number of aromatic nitrogens is 1. The molecule has 9 heteroatoms. The van der Waals surface area contributed by atoms with Crippen LogP contribution >= 0.6 is 11.3 Å². The standard InChI is InChI=1S/C11H16N4O4S/c1-6-9(10(17)18)20-8(15-6)5-14-11(19)13-4-2-3-7(12)16/h2-5H2,1H3,(H2,12,16)(H,17,18)(H2,13,14,19). The van der Waals surface area contributed by atoms with E-state index in [9.17, 15) is 14.4 Å². The minimum absolute atomic E-state index is 0.153. The maximum absolute atomic E-state index is 11.4. The second-order valence-corrected chi connectivity index (χ2v) is 5.09. The van der Waals surface area contributed by atoms with E-state index in [2.05, 4.69) is 15.6 Å². The quantitative estimate of drug-likeness (QED) is 0.534. The van der Waals surface area contributed by atoms with Gasteiger partial charge >= 0.3 is 12.0 Å². The first-order valence-electron chi connectivity index (χ1n) is 5.89. The van der Waals surface area contributed by atoms with Crippen molar-refractivity contribution in [1.29, 1.82) is 0 Å². The van der Waals surface area contributed by atoms with Gasteiger partial charge < -0.3 is 21.5 Å². The van der Waals surface area contributed by atoms with Crippen LogP contribution in [0.5, 0.6) is 0 Å². The molecule has 5 N–H and O–H groups in total. The number of urea groups is 1. The highest BCUT2D eigenvalue weighted by Crippen LogP contribution is 2.17. The van der Waals surface area contributed by atoms with Gasteiger partial charge in [0.1, 0.15) is 9.88 Å². The lowest BCUT2D eigenvalue weighted by atomic mass is 10.3. The lowest BCUT2D eigenvalue weighted by molar-refractivity contribution is -0.118. The van der Waals surface area contributed by atoms with E-state index in [1.807, 2.05) is 0 Å². The second-order valence-electron chi connectivity index (χ2n) is 4.01. The minimum Gasteiger partial charge on any atom is -0.477 e. The third kappa shape index (κ3) is 5.22. The second kappa shape index (κ2) is 7.43. The molecule has 0 saturated heterocycles. The maximum Gasteiger partial charge on any atom is 0.347 e. The van der Waals surface area contributed by atoms with Gasteiger partial charge in [0, 0.05) is 13.0 Å². The van der Waals surface area contributed by atoms with E-state index in [1.165, 1.54) is 0 Å². The number of carbonyl (C=O) groups excluding carboxylic acids is 2. The Kier molecular flexibility index (Phi) is 5.91. The van der Waals surface area contributed by atoms with Gasteiger partial charge in [-0.1, -0.05) is 0 Å². The summed E-state index contributed by atoms with van der Waals surface area (Å²) in [6, 6.07) is -0.404. The van der Waals surface area contributed by atoms with Gasteiger partial charge in [-0.2, -0.15) is 0 Å². The van der Waals surface area contributed by atoms with E-state index < -0.39 is 17.9 Å². The molecule has 0 aliphatic rings. The molecule has 1 rings (SSSR count). The first-order chi connectivity index (χ1) is 9.40. The Balaban J connectivity index is 2.32. The van der Waals surface area contributed by atoms with Crippen molar-refractivity contribution >= 4 is 29.2 Å². The summed E-state index contributed by atoms with van der Waals surface area (Å²) in [7, 11) is 0. The minimum atomic E-state index is -1.03. The van der Waals surface area contributed by atoms with Gasteiger partial charge in [-0.25, -0.2) is 14.6 Å². The molecule has 110 valence electrons. The molecule has 1 heterocycles. The third-order valence-electron chi connectivity index (χ3n) is 2.32. The molecular weight excluding hydrogens is 284 g/mol. The van der Waals surface area contributed by atoms with Crippen LogP contribution in [0.4, 0.5) is 4.79 Å². The molecule has 0 aliphatic heterocycles. The third-order valence-corrected chi connectivity index (χ3v) is 3.47. The number of carboxylic acid groups (broad SMARTS) is 1. The van der Waals surface area contributed by atoms with Gasteiger partial charge in [-0.15, -0.1) is 11.3 Å². The molecule has 20 heavy (non-hydrogen) atoms. The number of aromatic carboxylic acids is 1. The average molecular weight is 300 g/mol. The molecule has 1 aromatic heterocycles. The predicted octanol–water partition coefficient (Wildman–Crippen LogP) is 0.214. The summed E-state index contributed by atoms with van der Waals surface area (Å²) in [6.07, 6.45) is 0.691. The van der Waals surface area contributed by atoms with E-state index in [4.69, 9.17) is 10.8 Å². The molecule has 1 aromatic rings. The number of thiazole rings is 1. The molecule has 0 bridgehead atoms. The van der Waals surface area contributed by atoms with Crippen LogP contribution in [0.1, 0.15) is 33.2 Å². The molecule has 0 spiro atoms. The zero-order chi connectivity index (χ0) is 15.1. The number of nitrogens with zero attached hydrogens (tertiary/aromatic N) is 1. The number of carbonyl (C=O) groups is 3. The average Bonchev–Trinajstić information content (AvgIpc) is 2.73. The number of aryl methyl sites for hydroxylation is 1. The number of rotatable bonds is 7.